The molecule has 1 heterocycles. The van der Waals surface area contributed by atoms with E-state index in [9.17, 15) is 15.0 Å². The second-order valence-electron chi connectivity index (χ2n) is 5.55. The highest BCUT2D eigenvalue weighted by Crippen LogP contribution is 2.30. The fraction of sp³-hybridized carbons (Fsp3) is 0.562. The number of aliphatic carboxylic acids is 1. The van der Waals surface area contributed by atoms with Gasteiger partial charge >= 0.3 is 5.97 Å². The fourth-order valence-electron chi connectivity index (χ4n) is 2.95. The molecule has 1 aromatic rings. The number of aromatic hydroxyl groups is 1. The minimum atomic E-state index is -0.795. The summed E-state index contributed by atoms with van der Waals surface area (Å²) in [6, 6.07) is 7.07. The Morgan fingerprint density at radius 3 is 2.62 bits per heavy atom. The lowest BCUT2D eigenvalue weighted by atomic mass is 9.97. The molecule has 0 saturated carbocycles. The van der Waals surface area contributed by atoms with Crippen LogP contribution in [-0.4, -0.2) is 46.9 Å². The second-order valence-corrected chi connectivity index (χ2v) is 5.55. The number of hydrogen-bond acceptors (Lipinski definition) is 4. The number of phenols is 1. The minimum Gasteiger partial charge on any atom is -0.508 e. The first-order valence-electron chi connectivity index (χ1n) is 7.39. The third kappa shape index (κ3) is 3.54. The zero-order valence-electron chi connectivity index (χ0n) is 12.5. The number of carbonyl (C=O) groups is 1. The van der Waals surface area contributed by atoms with E-state index in [0.29, 0.717) is 6.61 Å². The van der Waals surface area contributed by atoms with Crippen LogP contribution in [0.3, 0.4) is 0 Å². The average molecular weight is 293 g/mol. The van der Waals surface area contributed by atoms with Crippen LogP contribution in [-0.2, 0) is 9.53 Å². The van der Waals surface area contributed by atoms with Gasteiger partial charge in [0.2, 0.25) is 0 Å². The van der Waals surface area contributed by atoms with Crippen LogP contribution < -0.4 is 0 Å². The molecule has 3 atom stereocenters. The number of carboxylic acid groups (broad SMARTS) is 1. The van der Waals surface area contributed by atoms with Crippen LogP contribution in [0.1, 0.15) is 31.9 Å². The number of nitrogens with zero attached hydrogens (tertiary/aromatic N) is 1. The van der Waals surface area contributed by atoms with Gasteiger partial charge in [0.05, 0.1) is 19.1 Å². The van der Waals surface area contributed by atoms with E-state index in [4.69, 9.17) is 4.74 Å². The van der Waals surface area contributed by atoms with Gasteiger partial charge in [0.15, 0.2) is 0 Å². The van der Waals surface area contributed by atoms with Gasteiger partial charge in [-0.3, -0.25) is 9.69 Å². The molecule has 1 aliphatic rings. The molecular formula is C16H23NO4. The highest BCUT2D eigenvalue weighted by Gasteiger charge is 2.39. The van der Waals surface area contributed by atoms with E-state index in [1.165, 1.54) is 0 Å². The first-order chi connectivity index (χ1) is 10.0. The van der Waals surface area contributed by atoms with Crippen molar-refractivity contribution in [2.24, 2.45) is 5.92 Å². The van der Waals surface area contributed by atoms with Gasteiger partial charge in [-0.1, -0.05) is 19.1 Å². The van der Waals surface area contributed by atoms with E-state index in [-0.39, 0.29) is 24.4 Å². The largest absolute Gasteiger partial charge is 0.508 e. The molecule has 1 fully saturated rings. The maximum atomic E-state index is 11.4. The number of hydrogen-bond donors (Lipinski definition) is 2. The first-order valence-corrected chi connectivity index (χ1v) is 7.39. The van der Waals surface area contributed by atoms with Crippen molar-refractivity contribution in [1.82, 2.24) is 4.90 Å². The van der Waals surface area contributed by atoms with Crippen molar-refractivity contribution in [3.05, 3.63) is 29.8 Å². The summed E-state index contributed by atoms with van der Waals surface area (Å²) < 4.78 is 5.40. The maximum Gasteiger partial charge on any atom is 0.310 e. The predicted molar refractivity (Wildman–Crippen MR) is 79.3 cm³/mol. The van der Waals surface area contributed by atoms with Crippen LogP contribution in [0.15, 0.2) is 24.3 Å². The normalized spacial score (nSPS) is 23.4. The minimum absolute atomic E-state index is 0.0825. The third-order valence-electron chi connectivity index (χ3n) is 4.15. The van der Waals surface area contributed by atoms with Crippen LogP contribution >= 0.6 is 0 Å². The Bertz CT molecular complexity index is 474. The molecule has 0 aliphatic carbocycles. The second kappa shape index (κ2) is 6.91. The number of carboxylic acids is 1. The van der Waals surface area contributed by atoms with Gasteiger partial charge in [0, 0.05) is 12.1 Å². The molecule has 1 saturated heterocycles. The Kier molecular flexibility index (Phi) is 5.20. The molecule has 5 heteroatoms. The summed E-state index contributed by atoms with van der Waals surface area (Å²) in [5.74, 6) is -1.03. The number of rotatable bonds is 6. The number of phenolic OH excluding ortho intramolecular Hbond substituents is 1. The van der Waals surface area contributed by atoms with Gasteiger partial charge in [-0.25, -0.2) is 0 Å². The van der Waals surface area contributed by atoms with Crippen molar-refractivity contribution < 1.29 is 19.7 Å². The van der Waals surface area contributed by atoms with Crippen molar-refractivity contribution in [1.29, 1.82) is 0 Å². The van der Waals surface area contributed by atoms with E-state index >= 15 is 0 Å². The van der Waals surface area contributed by atoms with Crippen LogP contribution in [0.4, 0.5) is 0 Å². The molecular weight excluding hydrogens is 270 g/mol. The molecule has 0 aromatic heterocycles. The lowest BCUT2D eigenvalue weighted by Gasteiger charge is -2.35. The first kappa shape index (κ1) is 15.8. The predicted octanol–water partition coefficient (Wildman–Crippen LogP) is 2.26. The highest BCUT2D eigenvalue weighted by atomic mass is 16.5. The third-order valence-corrected chi connectivity index (χ3v) is 4.15. The Morgan fingerprint density at radius 2 is 2.05 bits per heavy atom. The van der Waals surface area contributed by atoms with Crippen molar-refractivity contribution in [3.63, 3.8) is 0 Å². The molecule has 21 heavy (non-hydrogen) atoms. The van der Waals surface area contributed by atoms with E-state index in [0.717, 1.165) is 18.5 Å². The summed E-state index contributed by atoms with van der Waals surface area (Å²) in [6.07, 6.45) is 0.950. The summed E-state index contributed by atoms with van der Waals surface area (Å²) in [4.78, 5) is 13.6. The molecule has 1 aliphatic heterocycles. The number of benzene rings is 1. The SMILES string of the molecule is CCCN(C(C)c1ccc(O)cc1)C1COCC1C(=O)O. The van der Waals surface area contributed by atoms with Gasteiger partial charge < -0.3 is 14.9 Å². The molecule has 1 aromatic carbocycles. The zero-order chi connectivity index (χ0) is 15.4. The van der Waals surface area contributed by atoms with Gasteiger partial charge in [-0.15, -0.1) is 0 Å². The quantitative estimate of drug-likeness (QED) is 0.842. The molecule has 0 radical (unpaired) electrons. The van der Waals surface area contributed by atoms with E-state index in [1.54, 1.807) is 12.1 Å². The van der Waals surface area contributed by atoms with Crippen LogP contribution in [0, 0.1) is 5.92 Å². The number of ether oxygens (including phenoxy) is 1. The lowest BCUT2D eigenvalue weighted by Crippen LogP contribution is -2.44. The Balaban J connectivity index is 2.21. The lowest BCUT2D eigenvalue weighted by molar-refractivity contribution is -0.143. The summed E-state index contributed by atoms with van der Waals surface area (Å²) in [5.41, 5.74) is 1.07. The molecule has 0 bridgehead atoms. The molecule has 5 nitrogen and oxygen atoms in total. The molecule has 2 N–H and O–H groups in total. The maximum absolute atomic E-state index is 11.4. The van der Waals surface area contributed by atoms with Gasteiger partial charge in [-0.05, 0) is 37.6 Å². The van der Waals surface area contributed by atoms with Crippen molar-refractivity contribution in [2.45, 2.75) is 32.4 Å². The monoisotopic (exact) mass is 293 g/mol. The van der Waals surface area contributed by atoms with Crippen molar-refractivity contribution in [3.8, 4) is 5.75 Å². The van der Waals surface area contributed by atoms with E-state index < -0.39 is 11.9 Å². The topological polar surface area (TPSA) is 70.0 Å². The average Bonchev–Trinajstić information content (AvgIpc) is 2.94. The molecule has 116 valence electrons. The smallest absolute Gasteiger partial charge is 0.310 e. The van der Waals surface area contributed by atoms with Gasteiger partial charge in [0.1, 0.15) is 5.75 Å². The van der Waals surface area contributed by atoms with Crippen molar-refractivity contribution in [2.75, 3.05) is 19.8 Å². The van der Waals surface area contributed by atoms with E-state index in [2.05, 4.69) is 18.7 Å². The fourth-order valence-corrected chi connectivity index (χ4v) is 2.95. The summed E-state index contributed by atoms with van der Waals surface area (Å²) >= 11 is 0. The molecule has 2 rings (SSSR count). The van der Waals surface area contributed by atoms with E-state index in [1.807, 2.05) is 12.1 Å². The van der Waals surface area contributed by atoms with Crippen LogP contribution in [0.2, 0.25) is 0 Å². The van der Waals surface area contributed by atoms with Gasteiger partial charge in [0.25, 0.3) is 0 Å². The standard InChI is InChI=1S/C16H23NO4/c1-3-8-17(15-10-21-9-14(15)16(19)20)11(2)12-4-6-13(18)7-5-12/h4-7,11,14-15,18H,3,8-10H2,1-2H3,(H,19,20). The van der Waals surface area contributed by atoms with Gasteiger partial charge in [-0.2, -0.15) is 0 Å². The molecule has 0 amide bonds. The Morgan fingerprint density at radius 1 is 1.38 bits per heavy atom. The molecule has 3 unspecified atom stereocenters. The summed E-state index contributed by atoms with van der Waals surface area (Å²) in [5, 5.41) is 18.7. The van der Waals surface area contributed by atoms with Crippen molar-refractivity contribution >= 4 is 5.97 Å². The Labute approximate surface area is 125 Å². The Hall–Kier alpha value is -1.59. The summed E-state index contributed by atoms with van der Waals surface area (Å²) in [6.45, 7) is 5.71. The van der Waals surface area contributed by atoms with Crippen LogP contribution in [0.25, 0.3) is 0 Å². The highest BCUT2D eigenvalue weighted by molar-refractivity contribution is 5.71. The zero-order valence-corrected chi connectivity index (χ0v) is 12.5. The molecule has 0 spiro atoms. The van der Waals surface area contributed by atoms with Crippen LogP contribution in [0.5, 0.6) is 5.75 Å². The summed E-state index contributed by atoms with van der Waals surface area (Å²) in [7, 11) is 0.